The van der Waals surface area contributed by atoms with E-state index in [-0.39, 0.29) is 30.7 Å². The molecule has 3 aromatic rings. The van der Waals surface area contributed by atoms with Crippen molar-refractivity contribution in [3.63, 3.8) is 0 Å². The summed E-state index contributed by atoms with van der Waals surface area (Å²) in [5.41, 5.74) is 1.93. The average molecular weight is 422 g/mol. The number of rotatable bonds is 7. The first-order valence-corrected chi connectivity index (χ1v) is 9.70. The van der Waals surface area contributed by atoms with Crippen LogP contribution in [-0.2, 0) is 4.79 Å². The monoisotopic (exact) mass is 421 g/mol. The fourth-order valence-electron chi connectivity index (χ4n) is 2.69. The number of carbonyl (C=O) groups is 3. The fraction of sp³-hybridized carbons (Fsp3) is 0.0870. The first-order chi connectivity index (χ1) is 14.5. The predicted molar refractivity (Wildman–Crippen MR) is 118 cm³/mol. The molecule has 3 rings (SSSR count). The quantitative estimate of drug-likeness (QED) is 0.530. The molecule has 30 heavy (non-hydrogen) atoms. The zero-order chi connectivity index (χ0) is 21.3. The van der Waals surface area contributed by atoms with Crippen molar-refractivity contribution in [2.24, 2.45) is 0 Å². The van der Waals surface area contributed by atoms with Crippen LogP contribution < -0.4 is 16.0 Å². The fourth-order valence-corrected chi connectivity index (χ4v) is 2.82. The highest BCUT2D eigenvalue weighted by atomic mass is 35.5. The summed E-state index contributed by atoms with van der Waals surface area (Å²) in [5, 5.41) is 8.79. The van der Waals surface area contributed by atoms with Crippen molar-refractivity contribution in [2.45, 2.75) is 6.42 Å². The lowest BCUT2D eigenvalue weighted by Crippen LogP contribution is -2.27. The third-order valence-electron chi connectivity index (χ3n) is 4.23. The maximum absolute atomic E-state index is 12.4. The standard InChI is InChI=1S/C23H20ClN3O3/c24-18-12-10-17(11-13-18)23(30)27-20-9-5-4-8-19(20)26-21(28)14-15-25-22(29)16-6-2-1-3-7-16/h1-13H,14-15H2,(H,25,29)(H,26,28)(H,27,30). The molecular weight excluding hydrogens is 402 g/mol. The van der Waals surface area contributed by atoms with Crippen molar-refractivity contribution in [3.8, 4) is 0 Å². The molecule has 3 amide bonds. The summed E-state index contributed by atoms with van der Waals surface area (Å²) in [6.07, 6.45) is 0.0953. The summed E-state index contributed by atoms with van der Waals surface area (Å²) in [5.74, 6) is -0.834. The lowest BCUT2D eigenvalue weighted by atomic mass is 10.2. The van der Waals surface area contributed by atoms with E-state index in [0.29, 0.717) is 27.5 Å². The van der Waals surface area contributed by atoms with Gasteiger partial charge in [0, 0.05) is 29.1 Å². The van der Waals surface area contributed by atoms with E-state index in [0.717, 1.165) is 0 Å². The lowest BCUT2D eigenvalue weighted by Gasteiger charge is -2.12. The van der Waals surface area contributed by atoms with Crippen LogP contribution in [0.1, 0.15) is 27.1 Å². The van der Waals surface area contributed by atoms with E-state index in [2.05, 4.69) is 16.0 Å². The van der Waals surface area contributed by atoms with Crippen molar-refractivity contribution >= 4 is 40.7 Å². The first kappa shape index (κ1) is 21.1. The molecule has 0 aliphatic carbocycles. The molecule has 0 unspecified atom stereocenters. The molecule has 0 aromatic heterocycles. The maximum Gasteiger partial charge on any atom is 0.255 e. The van der Waals surface area contributed by atoms with E-state index >= 15 is 0 Å². The van der Waals surface area contributed by atoms with Crippen molar-refractivity contribution in [2.75, 3.05) is 17.2 Å². The van der Waals surface area contributed by atoms with Gasteiger partial charge in [-0.2, -0.15) is 0 Å². The van der Waals surface area contributed by atoms with Crippen LogP contribution in [0.15, 0.2) is 78.9 Å². The molecule has 0 atom stereocenters. The Hall–Kier alpha value is -3.64. The number of benzene rings is 3. The van der Waals surface area contributed by atoms with Gasteiger partial charge in [-0.1, -0.05) is 41.9 Å². The van der Waals surface area contributed by atoms with Gasteiger partial charge in [0.2, 0.25) is 5.91 Å². The number of nitrogens with one attached hydrogen (secondary N) is 3. The Labute approximate surface area is 179 Å². The van der Waals surface area contributed by atoms with Gasteiger partial charge in [-0.3, -0.25) is 14.4 Å². The van der Waals surface area contributed by atoms with Crippen LogP contribution >= 0.6 is 11.6 Å². The summed E-state index contributed by atoms with van der Waals surface area (Å²) >= 11 is 5.85. The minimum atomic E-state index is -0.316. The van der Waals surface area contributed by atoms with Crippen LogP contribution in [0, 0.1) is 0 Å². The number of carbonyl (C=O) groups excluding carboxylic acids is 3. The van der Waals surface area contributed by atoms with Crippen LogP contribution in [0.5, 0.6) is 0 Å². The number of hydrogen-bond donors (Lipinski definition) is 3. The third-order valence-corrected chi connectivity index (χ3v) is 4.48. The average Bonchev–Trinajstić information content (AvgIpc) is 2.76. The summed E-state index contributed by atoms with van der Waals surface area (Å²) in [6.45, 7) is 0.193. The topological polar surface area (TPSA) is 87.3 Å². The van der Waals surface area contributed by atoms with Gasteiger partial charge in [0.1, 0.15) is 0 Å². The van der Waals surface area contributed by atoms with Gasteiger partial charge in [-0.25, -0.2) is 0 Å². The van der Waals surface area contributed by atoms with Crippen molar-refractivity contribution < 1.29 is 14.4 Å². The van der Waals surface area contributed by atoms with Gasteiger partial charge in [-0.15, -0.1) is 0 Å². The Kier molecular flexibility index (Phi) is 7.19. The summed E-state index contributed by atoms with van der Waals surface area (Å²) in [7, 11) is 0. The molecule has 0 fully saturated rings. The first-order valence-electron chi connectivity index (χ1n) is 9.32. The van der Waals surface area contributed by atoms with E-state index in [9.17, 15) is 14.4 Å². The minimum Gasteiger partial charge on any atom is -0.352 e. The van der Waals surface area contributed by atoms with Gasteiger partial charge < -0.3 is 16.0 Å². The number of para-hydroxylation sites is 2. The van der Waals surface area contributed by atoms with Crippen molar-refractivity contribution in [3.05, 3.63) is 95.0 Å². The van der Waals surface area contributed by atoms with E-state index in [1.165, 1.54) is 0 Å². The Morgan fingerprint density at radius 3 is 1.90 bits per heavy atom. The molecule has 3 aromatic carbocycles. The van der Waals surface area contributed by atoms with Crippen LogP contribution in [0.3, 0.4) is 0 Å². The molecule has 0 heterocycles. The van der Waals surface area contributed by atoms with Crippen molar-refractivity contribution in [1.82, 2.24) is 5.32 Å². The van der Waals surface area contributed by atoms with E-state index in [1.54, 1.807) is 72.8 Å². The number of hydrogen-bond acceptors (Lipinski definition) is 3. The Morgan fingerprint density at radius 2 is 1.23 bits per heavy atom. The van der Waals surface area contributed by atoms with Gasteiger partial charge >= 0.3 is 0 Å². The van der Waals surface area contributed by atoms with Gasteiger partial charge in [0.05, 0.1) is 11.4 Å². The summed E-state index contributed by atoms with van der Waals surface area (Å²) < 4.78 is 0. The highest BCUT2D eigenvalue weighted by molar-refractivity contribution is 6.30. The third kappa shape index (κ3) is 5.93. The Bertz CT molecular complexity index is 1040. The van der Waals surface area contributed by atoms with Gasteiger partial charge in [0.25, 0.3) is 11.8 Å². The number of halogens is 1. The molecule has 7 heteroatoms. The second kappa shape index (κ2) is 10.2. The number of anilines is 2. The second-order valence-electron chi connectivity index (χ2n) is 6.43. The maximum atomic E-state index is 12.4. The van der Waals surface area contributed by atoms with Crippen LogP contribution in [0.4, 0.5) is 11.4 Å². The molecule has 0 bridgehead atoms. The Balaban J connectivity index is 1.55. The summed E-state index contributed by atoms with van der Waals surface area (Å²) in [4.78, 5) is 36.7. The van der Waals surface area contributed by atoms with E-state index in [1.807, 2.05) is 6.07 Å². The molecule has 0 aliphatic heterocycles. The van der Waals surface area contributed by atoms with Gasteiger partial charge in [0.15, 0.2) is 0 Å². The highest BCUT2D eigenvalue weighted by Crippen LogP contribution is 2.22. The molecule has 6 nitrogen and oxygen atoms in total. The van der Waals surface area contributed by atoms with E-state index < -0.39 is 0 Å². The summed E-state index contributed by atoms with van der Waals surface area (Å²) in [6, 6.07) is 22.2. The lowest BCUT2D eigenvalue weighted by molar-refractivity contribution is -0.116. The normalized spacial score (nSPS) is 10.2. The SMILES string of the molecule is O=C(CCNC(=O)c1ccccc1)Nc1ccccc1NC(=O)c1ccc(Cl)cc1. The van der Waals surface area contributed by atoms with Crippen LogP contribution in [-0.4, -0.2) is 24.3 Å². The van der Waals surface area contributed by atoms with E-state index in [4.69, 9.17) is 11.6 Å². The molecular formula is C23H20ClN3O3. The molecule has 0 saturated carbocycles. The molecule has 0 saturated heterocycles. The van der Waals surface area contributed by atoms with Crippen LogP contribution in [0.25, 0.3) is 0 Å². The zero-order valence-corrected chi connectivity index (χ0v) is 16.8. The molecule has 0 aliphatic rings. The molecule has 0 radical (unpaired) electrons. The predicted octanol–water partition coefficient (Wildman–Crippen LogP) is 4.35. The smallest absolute Gasteiger partial charge is 0.255 e. The van der Waals surface area contributed by atoms with Crippen molar-refractivity contribution in [1.29, 1.82) is 0 Å². The zero-order valence-electron chi connectivity index (χ0n) is 16.0. The molecule has 3 N–H and O–H groups in total. The molecule has 0 spiro atoms. The van der Waals surface area contributed by atoms with Gasteiger partial charge in [-0.05, 0) is 48.5 Å². The molecule has 152 valence electrons. The Morgan fingerprint density at radius 1 is 0.667 bits per heavy atom. The minimum absolute atomic E-state index is 0.0953. The highest BCUT2D eigenvalue weighted by Gasteiger charge is 2.11. The largest absolute Gasteiger partial charge is 0.352 e. The van der Waals surface area contributed by atoms with Crippen LogP contribution in [0.2, 0.25) is 5.02 Å². The number of amides is 3. The second-order valence-corrected chi connectivity index (χ2v) is 6.86.